The van der Waals surface area contributed by atoms with E-state index >= 15 is 0 Å². The van der Waals surface area contributed by atoms with Gasteiger partial charge in [0, 0.05) is 33.2 Å². The van der Waals surface area contributed by atoms with Gasteiger partial charge in [-0.25, -0.2) is 0 Å². The molecule has 0 spiro atoms. The lowest BCUT2D eigenvalue weighted by Gasteiger charge is -2.20. The Kier molecular flexibility index (Phi) is 4.76. The molecule has 2 aliphatic rings. The summed E-state index contributed by atoms with van der Waals surface area (Å²) in [6.07, 6.45) is 2.63. The topological polar surface area (TPSA) is 78.9 Å². The lowest BCUT2D eigenvalue weighted by molar-refractivity contribution is -0.137. The lowest BCUT2D eigenvalue weighted by Crippen LogP contribution is -2.42. The predicted octanol–water partition coefficient (Wildman–Crippen LogP) is 0.0766. The number of hydrogen-bond acceptors (Lipinski definition) is 4. The normalized spacial score (nSPS) is 30.8. The Labute approximate surface area is 113 Å². The molecule has 0 aromatic carbocycles. The van der Waals surface area contributed by atoms with Gasteiger partial charge >= 0.3 is 5.97 Å². The van der Waals surface area contributed by atoms with E-state index in [-0.39, 0.29) is 24.5 Å². The van der Waals surface area contributed by atoms with Crippen LogP contribution in [0.25, 0.3) is 0 Å². The highest BCUT2D eigenvalue weighted by atomic mass is 16.5. The fourth-order valence-corrected chi connectivity index (χ4v) is 2.89. The van der Waals surface area contributed by atoms with E-state index in [1.807, 2.05) is 4.90 Å². The molecule has 6 nitrogen and oxygen atoms in total. The number of carbonyl (C=O) groups is 2. The van der Waals surface area contributed by atoms with Gasteiger partial charge in [0.1, 0.15) is 0 Å². The predicted molar refractivity (Wildman–Crippen MR) is 68.8 cm³/mol. The van der Waals surface area contributed by atoms with Crippen LogP contribution in [-0.2, 0) is 14.3 Å². The molecule has 2 heterocycles. The van der Waals surface area contributed by atoms with Crippen LogP contribution < -0.4 is 5.32 Å². The molecule has 0 aromatic rings. The SMILES string of the molecule is COC1CNC(C(=O)N2CCC(CCC(=O)O)C2)C1. The van der Waals surface area contributed by atoms with Gasteiger partial charge < -0.3 is 20.1 Å². The largest absolute Gasteiger partial charge is 0.481 e. The molecule has 2 saturated heterocycles. The first kappa shape index (κ1) is 14.3. The third-order valence-corrected chi connectivity index (χ3v) is 4.09. The lowest BCUT2D eigenvalue weighted by atomic mass is 10.0. The zero-order valence-electron chi connectivity index (χ0n) is 11.3. The highest BCUT2D eigenvalue weighted by Gasteiger charge is 2.35. The van der Waals surface area contributed by atoms with Crippen molar-refractivity contribution in [2.24, 2.45) is 5.92 Å². The molecule has 2 rings (SSSR count). The van der Waals surface area contributed by atoms with Crippen molar-refractivity contribution in [3.8, 4) is 0 Å². The summed E-state index contributed by atoms with van der Waals surface area (Å²) in [7, 11) is 1.66. The molecule has 19 heavy (non-hydrogen) atoms. The third-order valence-electron chi connectivity index (χ3n) is 4.09. The Morgan fingerprint density at radius 3 is 2.89 bits per heavy atom. The average molecular weight is 270 g/mol. The molecule has 1 amide bonds. The van der Waals surface area contributed by atoms with E-state index in [1.54, 1.807) is 7.11 Å². The van der Waals surface area contributed by atoms with Crippen LogP contribution in [0.5, 0.6) is 0 Å². The maximum absolute atomic E-state index is 12.3. The number of hydrogen-bond donors (Lipinski definition) is 2. The van der Waals surface area contributed by atoms with Crippen molar-refractivity contribution in [1.82, 2.24) is 10.2 Å². The van der Waals surface area contributed by atoms with E-state index in [0.717, 1.165) is 25.9 Å². The second-order valence-corrected chi connectivity index (χ2v) is 5.43. The number of nitrogens with one attached hydrogen (secondary N) is 1. The smallest absolute Gasteiger partial charge is 0.303 e. The number of aliphatic carboxylic acids is 1. The molecule has 6 heteroatoms. The monoisotopic (exact) mass is 270 g/mol. The number of methoxy groups -OCH3 is 1. The molecule has 2 aliphatic heterocycles. The van der Waals surface area contributed by atoms with Gasteiger partial charge in [-0.15, -0.1) is 0 Å². The summed E-state index contributed by atoms with van der Waals surface area (Å²) in [6.45, 7) is 2.17. The van der Waals surface area contributed by atoms with Crippen molar-refractivity contribution < 1.29 is 19.4 Å². The molecule has 108 valence electrons. The van der Waals surface area contributed by atoms with Crippen LogP contribution in [0.4, 0.5) is 0 Å². The van der Waals surface area contributed by atoms with E-state index in [0.29, 0.717) is 18.9 Å². The van der Waals surface area contributed by atoms with Crippen molar-refractivity contribution in [2.75, 3.05) is 26.7 Å². The van der Waals surface area contributed by atoms with E-state index in [1.165, 1.54) is 0 Å². The van der Waals surface area contributed by atoms with Gasteiger partial charge in [0.05, 0.1) is 12.1 Å². The molecule has 3 unspecified atom stereocenters. The maximum Gasteiger partial charge on any atom is 0.303 e. The summed E-state index contributed by atoms with van der Waals surface area (Å²) < 4.78 is 5.24. The Balaban J connectivity index is 1.77. The van der Waals surface area contributed by atoms with Gasteiger partial charge in [-0.05, 0) is 25.2 Å². The second kappa shape index (κ2) is 6.34. The number of carbonyl (C=O) groups excluding carboxylic acids is 1. The van der Waals surface area contributed by atoms with Gasteiger partial charge in [0.2, 0.25) is 5.91 Å². The summed E-state index contributed by atoms with van der Waals surface area (Å²) in [4.78, 5) is 24.7. The average Bonchev–Trinajstić information content (AvgIpc) is 3.04. The summed E-state index contributed by atoms with van der Waals surface area (Å²) in [5.41, 5.74) is 0. The van der Waals surface area contributed by atoms with Crippen molar-refractivity contribution >= 4 is 11.9 Å². The first-order chi connectivity index (χ1) is 9.10. The number of likely N-dealkylation sites (tertiary alicyclic amines) is 1. The molecule has 2 fully saturated rings. The Morgan fingerprint density at radius 2 is 2.26 bits per heavy atom. The van der Waals surface area contributed by atoms with Crippen molar-refractivity contribution in [2.45, 2.75) is 37.8 Å². The van der Waals surface area contributed by atoms with Gasteiger partial charge in [-0.3, -0.25) is 9.59 Å². The summed E-state index contributed by atoms with van der Waals surface area (Å²) in [5, 5.41) is 11.9. The highest BCUT2D eigenvalue weighted by Crippen LogP contribution is 2.23. The van der Waals surface area contributed by atoms with E-state index < -0.39 is 5.97 Å². The fourth-order valence-electron chi connectivity index (χ4n) is 2.89. The van der Waals surface area contributed by atoms with Crippen LogP contribution in [0.3, 0.4) is 0 Å². The van der Waals surface area contributed by atoms with Gasteiger partial charge in [0.15, 0.2) is 0 Å². The first-order valence-electron chi connectivity index (χ1n) is 6.87. The van der Waals surface area contributed by atoms with E-state index in [2.05, 4.69) is 5.32 Å². The summed E-state index contributed by atoms with van der Waals surface area (Å²) >= 11 is 0. The van der Waals surface area contributed by atoms with Gasteiger partial charge in [-0.1, -0.05) is 0 Å². The zero-order valence-corrected chi connectivity index (χ0v) is 11.3. The molecule has 0 aromatic heterocycles. The van der Waals surface area contributed by atoms with Crippen molar-refractivity contribution in [3.05, 3.63) is 0 Å². The van der Waals surface area contributed by atoms with Crippen LogP contribution in [0.15, 0.2) is 0 Å². The Hall–Kier alpha value is -1.14. The molecule has 0 aliphatic carbocycles. The number of amides is 1. The standard InChI is InChI=1S/C13H22N2O4/c1-19-10-6-11(14-7-10)13(18)15-5-4-9(8-15)2-3-12(16)17/h9-11,14H,2-8H2,1H3,(H,16,17). The molecule has 0 radical (unpaired) electrons. The Bertz CT molecular complexity index is 348. The number of nitrogens with zero attached hydrogens (tertiary/aromatic N) is 1. The third kappa shape index (κ3) is 3.67. The van der Waals surface area contributed by atoms with Crippen LogP contribution in [-0.4, -0.2) is 60.8 Å². The van der Waals surface area contributed by atoms with Crippen LogP contribution in [0, 0.1) is 5.92 Å². The minimum atomic E-state index is -0.759. The minimum Gasteiger partial charge on any atom is -0.481 e. The Morgan fingerprint density at radius 1 is 1.47 bits per heavy atom. The number of carboxylic acid groups (broad SMARTS) is 1. The molecular weight excluding hydrogens is 248 g/mol. The highest BCUT2D eigenvalue weighted by molar-refractivity contribution is 5.82. The van der Waals surface area contributed by atoms with Gasteiger partial charge in [0.25, 0.3) is 0 Å². The zero-order chi connectivity index (χ0) is 13.8. The maximum atomic E-state index is 12.3. The van der Waals surface area contributed by atoms with Crippen LogP contribution >= 0.6 is 0 Å². The summed E-state index contributed by atoms with van der Waals surface area (Å²) in [5.74, 6) is -0.290. The number of rotatable bonds is 5. The molecule has 0 bridgehead atoms. The quantitative estimate of drug-likeness (QED) is 0.739. The molecule has 3 atom stereocenters. The van der Waals surface area contributed by atoms with Crippen molar-refractivity contribution in [1.29, 1.82) is 0 Å². The van der Waals surface area contributed by atoms with E-state index in [4.69, 9.17) is 9.84 Å². The fraction of sp³-hybridized carbons (Fsp3) is 0.846. The first-order valence-corrected chi connectivity index (χ1v) is 6.87. The number of carboxylic acids is 1. The van der Waals surface area contributed by atoms with Gasteiger partial charge in [-0.2, -0.15) is 0 Å². The summed E-state index contributed by atoms with van der Waals surface area (Å²) in [6, 6.07) is -0.136. The molecule has 2 N–H and O–H groups in total. The number of ether oxygens (including phenoxy) is 1. The minimum absolute atomic E-state index is 0.124. The van der Waals surface area contributed by atoms with Crippen LogP contribution in [0.2, 0.25) is 0 Å². The van der Waals surface area contributed by atoms with Crippen LogP contribution in [0.1, 0.15) is 25.7 Å². The van der Waals surface area contributed by atoms with E-state index in [9.17, 15) is 9.59 Å². The molecule has 0 saturated carbocycles. The second-order valence-electron chi connectivity index (χ2n) is 5.43. The molecular formula is C13H22N2O4. The van der Waals surface area contributed by atoms with Crippen molar-refractivity contribution in [3.63, 3.8) is 0 Å².